The van der Waals surface area contributed by atoms with Crippen LogP contribution in [0.5, 0.6) is 0 Å². The Kier molecular flexibility index (Phi) is 3.52. The average molecular weight is 302 g/mol. The summed E-state index contributed by atoms with van der Waals surface area (Å²) in [5, 5.41) is 10.0. The maximum absolute atomic E-state index is 11.8. The molecule has 0 aliphatic heterocycles. The van der Waals surface area contributed by atoms with E-state index in [4.69, 9.17) is 0 Å². The number of hydrogen-bond acceptors (Lipinski definition) is 2. The highest BCUT2D eigenvalue weighted by Gasteiger charge is 2.55. The fourth-order valence-electron chi connectivity index (χ4n) is 6.95. The molecule has 3 saturated carbocycles. The molecule has 122 valence electrons. The summed E-state index contributed by atoms with van der Waals surface area (Å²) in [6.07, 6.45) is 11.0. The number of allylic oxidation sites excluding steroid dienone is 1. The number of ketones is 1. The van der Waals surface area contributed by atoms with Crippen LogP contribution in [0.3, 0.4) is 0 Å². The van der Waals surface area contributed by atoms with Crippen LogP contribution in [0.4, 0.5) is 0 Å². The smallest absolute Gasteiger partial charge is 0.184 e. The van der Waals surface area contributed by atoms with Crippen molar-refractivity contribution < 1.29 is 9.90 Å². The highest BCUT2D eigenvalue weighted by Crippen LogP contribution is 2.64. The third-order valence-electron chi connectivity index (χ3n) is 8.07. The molecule has 1 N–H and O–H groups in total. The number of aliphatic hydroxyl groups is 1. The fraction of sp³-hybridized carbons (Fsp3) is 0.850. The lowest BCUT2D eigenvalue weighted by atomic mass is 9.51. The molecule has 3 fully saturated rings. The Morgan fingerprint density at radius 1 is 1.23 bits per heavy atom. The van der Waals surface area contributed by atoms with Gasteiger partial charge in [0.2, 0.25) is 0 Å². The van der Waals surface area contributed by atoms with Gasteiger partial charge in [-0.2, -0.15) is 0 Å². The van der Waals surface area contributed by atoms with Crippen LogP contribution >= 0.6 is 0 Å². The zero-order valence-corrected chi connectivity index (χ0v) is 14.1. The lowest BCUT2D eigenvalue weighted by Crippen LogP contribution is -2.47. The highest BCUT2D eigenvalue weighted by atomic mass is 16.3. The number of hydrogen-bond donors (Lipinski definition) is 1. The molecule has 0 saturated heterocycles. The Morgan fingerprint density at radius 3 is 2.82 bits per heavy atom. The lowest BCUT2D eigenvalue weighted by molar-refractivity contribution is -0.125. The zero-order valence-electron chi connectivity index (χ0n) is 14.1. The Balaban J connectivity index is 1.62. The molecule has 4 aliphatic rings. The summed E-state index contributed by atoms with van der Waals surface area (Å²) in [7, 11) is 0. The van der Waals surface area contributed by atoms with E-state index in [9.17, 15) is 9.90 Å². The molecular weight excluding hydrogens is 272 g/mol. The quantitative estimate of drug-likeness (QED) is 0.791. The summed E-state index contributed by atoms with van der Waals surface area (Å²) in [5.74, 6) is 3.85. The van der Waals surface area contributed by atoms with E-state index in [1.165, 1.54) is 44.1 Å². The first-order chi connectivity index (χ1) is 10.5. The number of rotatable bonds is 1. The molecule has 0 spiro atoms. The summed E-state index contributed by atoms with van der Waals surface area (Å²) in [4.78, 5) is 11.8. The van der Waals surface area contributed by atoms with Crippen LogP contribution in [-0.4, -0.2) is 17.0 Å². The van der Waals surface area contributed by atoms with Crippen molar-refractivity contribution in [3.8, 4) is 0 Å². The van der Waals surface area contributed by atoms with E-state index < -0.39 is 6.10 Å². The van der Waals surface area contributed by atoms with E-state index in [0.29, 0.717) is 17.8 Å². The first-order valence-corrected chi connectivity index (χ1v) is 9.47. The van der Waals surface area contributed by atoms with Crippen molar-refractivity contribution in [2.75, 3.05) is 0 Å². The van der Waals surface area contributed by atoms with Crippen LogP contribution in [0, 0.1) is 35.0 Å². The summed E-state index contributed by atoms with van der Waals surface area (Å²) in [5.41, 5.74) is 1.94. The van der Waals surface area contributed by atoms with Gasteiger partial charge in [-0.1, -0.05) is 25.8 Å². The van der Waals surface area contributed by atoms with Crippen molar-refractivity contribution in [2.24, 2.45) is 35.0 Å². The predicted octanol–water partition coefficient (Wildman–Crippen LogP) is 4.13. The van der Waals surface area contributed by atoms with Crippen molar-refractivity contribution >= 4 is 5.78 Å². The van der Waals surface area contributed by atoms with Crippen molar-refractivity contribution in [3.63, 3.8) is 0 Å². The maximum atomic E-state index is 11.8. The number of carbonyl (C=O) groups is 1. The normalized spacial score (nSPS) is 50.9. The second-order valence-corrected chi connectivity index (χ2v) is 8.68. The highest BCUT2D eigenvalue weighted by molar-refractivity contribution is 5.95. The van der Waals surface area contributed by atoms with Gasteiger partial charge < -0.3 is 5.11 Å². The fourth-order valence-corrected chi connectivity index (χ4v) is 6.95. The molecule has 0 amide bonds. The largest absolute Gasteiger partial charge is 0.385 e. The average Bonchev–Trinajstić information content (AvgIpc) is 2.85. The van der Waals surface area contributed by atoms with Crippen molar-refractivity contribution in [3.05, 3.63) is 11.6 Å². The van der Waals surface area contributed by atoms with Crippen LogP contribution in [0.2, 0.25) is 0 Å². The summed E-state index contributed by atoms with van der Waals surface area (Å²) in [6, 6.07) is 0. The van der Waals surface area contributed by atoms with E-state index in [1.54, 1.807) is 6.08 Å². The van der Waals surface area contributed by atoms with Crippen molar-refractivity contribution in [1.29, 1.82) is 0 Å². The van der Waals surface area contributed by atoms with Gasteiger partial charge in [-0.05, 0) is 86.0 Å². The molecule has 1 unspecified atom stereocenters. The van der Waals surface area contributed by atoms with Gasteiger partial charge in [0.15, 0.2) is 5.78 Å². The van der Waals surface area contributed by atoms with Gasteiger partial charge in [0.05, 0.1) is 0 Å². The van der Waals surface area contributed by atoms with Crippen molar-refractivity contribution in [2.45, 2.75) is 71.3 Å². The molecular formula is C20H30O2. The molecule has 2 nitrogen and oxygen atoms in total. The monoisotopic (exact) mass is 302 g/mol. The molecule has 0 heterocycles. The second-order valence-electron chi connectivity index (χ2n) is 8.68. The van der Waals surface area contributed by atoms with Crippen LogP contribution in [0.25, 0.3) is 0 Å². The molecule has 0 aromatic heterocycles. The molecule has 22 heavy (non-hydrogen) atoms. The standard InChI is InChI=1S/C20H30O2/c1-3-13-5-7-17-15-6-4-12-10-18(21)19(22)11-16(12)14(15)8-9-20(13,17)2/h10,13-17,19,22H,3-9,11H2,1-2H3/t13-,14+,15-,16+,17-,19?,20-/m1/s1. The Morgan fingerprint density at radius 2 is 2.05 bits per heavy atom. The summed E-state index contributed by atoms with van der Waals surface area (Å²) < 4.78 is 0. The number of aliphatic hydroxyl groups excluding tert-OH is 1. The summed E-state index contributed by atoms with van der Waals surface area (Å²) >= 11 is 0. The van der Waals surface area contributed by atoms with Gasteiger partial charge in [-0.15, -0.1) is 0 Å². The van der Waals surface area contributed by atoms with Gasteiger partial charge in [0.1, 0.15) is 6.10 Å². The van der Waals surface area contributed by atoms with Crippen molar-refractivity contribution in [1.82, 2.24) is 0 Å². The second kappa shape index (κ2) is 5.19. The van der Waals surface area contributed by atoms with Gasteiger partial charge in [-0.25, -0.2) is 0 Å². The van der Waals surface area contributed by atoms with Crippen LogP contribution in [0.15, 0.2) is 11.6 Å². The molecule has 7 atom stereocenters. The maximum Gasteiger partial charge on any atom is 0.184 e. The van der Waals surface area contributed by atoms with Gasteiger partial charge in [-0.3, -0.25) is 4.79 Å². The molecule has 0 aromatic rings. The molecule has 4 rings (SSSR count). The van der Waals surface area contributed by atoms with Gasteiger partial charge in [0, 0.05) is 0 Å². The van der Waals surface area contributed by atoms with Crippen LogP contribution in [-0.2, 0) is 4.79 Å². The minimum absolute atomic E-state index is 0.0442. The molecule has 0 bridgehead atoms. The Bertz CT molecular complexity index is 508. The number of carbonyl (C=O) groups excluding carboxylic acids is 1. The Labute approximate surface area is 134 Å². The van der Waals surface area contributed by atoms with Gasteiger partial charge in [0.25, 0.3) is 0 Å². The zero-order chi connectivity index (χ0) is 15.5. The van der Waals surface area contributed by atoms with Gasteiger partial charge >= 0.3 is 0 Å². The predicted molar refractivity (Wildman–Crippen MR) is 87.3 cm³/mol. The molecule has 0 aromatic carbocycles. The minimum Gasteiger partial charge on any atom is -0.385 e. The van der Waals surface area contributed by atoms with E-state index in [-0.39, 0.29) is 5.78 Å². The summed E-state index contributed by atoms with van der Waals surface area (Å²) in [6.45, 7) is 4.94. The van der Waals surface area contributed by atoms with E-state index >= 15 is 0 Å². The topological polar surface area (TPSA) is 37.3 Å². The molecule has 2 heteroatoms. The molecule has 4 aliphatic carbocycles. The number of fused-ring (bicyclic) bond motifs is 5. The first-order valence-electron chi connectivity index (χ1n) is 9.47. The first kappa shape index (κ1) is 14.9. The lowest BCUT2D eigenvalue weighted by Gasteiger charge is -2.54. The minimum atomic E-state index is -0.729. The Hall–Kier alpha value is -0.630. The van der Waals surface area contributed by atoms with E-state index in [0.717, 1.165) is 30.1 Å². The van der Waals surface area contributed by atoms with E-state index in [1.807, 2.05) is 0 Å². The third kappa shape index (κ3) is 1.99. The van der Waals surface area contributed by atoms with Crippen LogP contribution < -0.4 is 0 Å². The van der Waals surface area contributed by atoms with E-state index in [2.05, 4.69) is 13.8 Å². The van der Waals surface area contributed by atoms with Crippen LogP contribution in [0.1, 0.15) is 65.2 Å². The SMILES string of the molecule is CC[C@@H]1CC[C@@H]2[C@@H]3CCC4=CC(=O)C(O)C[C@@H]4[C@H]3CC[C@]12C. The molecule has 0 radical (unpaired) electrons. The third-order valence-corrected chi connectivity index (χ3v) is 8.07.